The van der Waals surface area contributed by atoms with Gasteiger partial charge in [0.05, 0.1) is 23.7 Å². The second kappa shape index (κ2) is 8.71. The average molecular weight is 367 g/mol. The summed E-state index contributed by atoms with van der Waals surface area (Å²) in [6.45, 7) is 0.444. The highest BCUT2D eigenvalue weighted by Crippen LogP contribution is 2.27. The maximum absolute atomic E-state index is 12.1. The Morgan fingerprint density at radius 3 is 2.96 bits per heavy atom. The Hall–Kier alpha value is -1.28. The zero-order chi connectivity index (χ0) is 16.8. The highest BCUT2D eigenvalue weighted by atomic mass is 32.1. The van der Waals surface area contributed by atoms with Gasteiger partial charge in [-0.1, -0.05) is 25.3 Å². The zero-order valence-electron chi connectivity index (χ0n) is 13.4. The Kier molecular flexibility index (Phi) is 6.37. The van der Waals surface area contributed by atoms with Crippen molar-refractivity contribution in [3.8, 4) is 9.88 Å². The van der Waals surface area contributed by atoms with Crippen molar-refractivity contribution in [1.29, 1.82) is 0 Å². The third-order valence-corrected chi connectivity index (χ3v) is 5.92. The van der Waals surface area contributed by atoms with Crippen LogP contribution in [0.4, 0.5) is 0 Å². The van der Waals surface area contributed by atoms with Gasteiger partial charge in [0, 0.05) is 11.9 Å². The molecule has 1 amide bonds. The van der Waals surface area contributed by atoms with E-state index < -0.39 is 6.10 Å². The molecule has 1 aliphatic rings. The van der Waals surface area contributed by atoms with Crippen molar-refractivity contribution in [2.45, 2.75) is 44.3 Å². The Bertz CT molecular complexity index is 636. The predicted octanol–water partition coefficient (Wildman–Crippen LogP) is 3.31. The van der Waals surface area contributed by atoms with Crippen LogP contribution >= 0.6 is 22.7 Å². The maximum atomic E-state index is 12.1. The highest BCUT2D eigenvalue weighted by molar-refractivity contribution is 7.20. The van der Waals surface area contributed by atoms with Crippen molar-refractivity contribution in [3.05, 3.63) is 28.6 Å². The van der Waals surface area contributed by atoms with Crippen molar-refractivity contribution in [3.63, 3.8) is 0 Å². The average Bonchev–Trinajstić information content (AvgIpc) is 3.29. The molecule has 3 rings (SSSR count). The summed E-state index contributed by atoms with van der Waals surface area (Å²) in [6.07, 6.45) is 5.40. The standard InChI is InChI=1S/C17H22N2O3S2/c20-12(10-22-13-5-2-1-3-6-13)9-18-16(21)14-11-24-17(19-14)15-7-4-8-23-15/h4,7-8,11-13,20H,1-3,5-6,9-10H2,(H,18,21)/t12-/m1/s1. The molecule has 0 bridgehead atoms. The minimum Gasteiger partial charge on any atom is -0.389 e. The van der Waals surface area contributed by atoms with Gasteiger partial charge < -0.3 is 15.2 Å². The lowest BCUT2D eigenvalue weighted by Gasteiger charge is -2.23. The van der Waals surface area contributed by atoms with E-state index in [0.717, 1.165) is 22.7 Å². The number of ether oxygens (including phenoxy) is 1. The fraction of sp³-hybridized carbons (Fsp3) is 0.529. The van der Waals surface area contributed by atoms with E-state index in [1.54, 1.807) is 16.7 Å². The number of aliphatic hydroxyl groups is 1. The van der Waals surface area contributed by atoms with E-state index in [-0.39, 0.29) is 25.2 Å². The first kappa shape index (κ1) is 17.5. The number of nitrogens with zero attached hydrogens (tertiary/aromatic N) is 1. The molecule has 1 fully saturated rings. The zero-order valence-corrected chi connectivity index (χ0v) is 15.1. The summed E-state index contributed by atoms with van der Waals surface area (Å²) < 4.78 is 5.72. The van der Waals surface area contributed by atoms with Crippen molar-refractivity contribution in [2.24, 2.45) is 0 Å². The quantitative estimate of drug-likeness (QED) is 0.789. The van der Waals surface area contributed by atoms with E-state index in [9.17, 15) is 9.90 Å². The van der Waals surface area contributed by atoms with E-state index in [1.807, 2.05) is 17.5 Å². The van der Waals surface area contributed by atoms with E-state index in [2.05, 4.69) is 10.3 Å². The number of nitrogens with one attached hydrogen (secondary N) is 1. The minimum absolute atomic E-state index is 0.178. The molecule has 24 heavy (non-hydrogen) atoms. The fourth-order valence-electron chi connectivity index (χ4n) is 2.73. The van der Waals surface area contributed by atoms with Crippen LogP contribution in [0.5, 0.6) is 0 Å². The molecule has 0 aromatic carbocycles. The van der Waals surface area contributed by atoms with Gasteiger partial charge in [0.2, 0.25) is 0 Å². The van der Waals surface area contributed by atoms with E-state index in [1.165, 1.54) is 30.6 Å². The molecular weight excluding hydrogens is 344 g/mol. The topological polar surface area (TPSA) is 71.5 Å². The lowest BCUT2D eigenvalue weighted by molar-refractivity contribution is -0.0225. The fourth-order valence-corrected chi connectivity index (χ4v) is 4.34. The first-order valence-corrected chi connectivity index (χ1v) is 10.1. The molecule has 2 N–H and O–H groups in total. The summed E-state index contributed by atoms with van der Waals surface area (Å²) in [6, 6.07) is 3.95. The van der Waals surface area contributed by atoms with Crippen LogP contribution in [0.3, 0.4) is 0 Å². The molecule has 0 spiro atoms. The third kappa shape index (κ3) is 4.86. The van der Waals surface area contributed by atoms with Crippen molar-refractivity contribution >= 4 is 28.6 Å². The van der Waals surface area contributed by atoms with Gasteiger partial charge in [-0.3, -0.25) is 4.79 Å². The first-order valence-electron chi connectivity index (χ1n) is 8.29. The van der Waals surface area contributed by atoms with Crippen LogP contribution in [0.15, 0.2) is 22.9 Å². The largest absolute Gasteiger partial charge is 0.389 e. The van der Waals surface area contributed by atoms with Crippen LogP contribution < -0.4 is 5.32 Å². The molecular formula is C17H22N2O3S2. The van der Waals surface area contributed by atoms with Gasteiger partial charge in [-0.15, -0.1) is 22.7 Å². The van der Waals surface area contributed by atoms with Crippen molar-refractivity contribution < 1.29 is 14.6 Å². The number of carbonyl (C=O) groups is 1. The molecule has 130 valence electrons. The molecule has 7 heteroatoms. The van der Waals surface area contributed by atoms with E-state index in [4.69, 9.17) is 4.74 Å². The Balaban J connectivity index is 1.41. The maximum Gasteiger partial charge on any atom is 0.270 e. The monoisotopic (exact) mass is 366 g/mol. The van der Waals surface area contributed by atoms with Crippen LogP contribution in [0, 0.1) is 0 Å². The second-order valence-corrected chi connectivity index (χ2v) is 7.78. The number of hydrogen-bond donors (Lipinski definition) is 2. The Morgan fingerprint density at radius 1 is 1.38 bits per heavy atom. The third-order valence-electron chi connectivity index (χ3n) is 4.04. The van der Waals surface area contributed by atoms with Crippen LogP contribution in [-0.2, 0) is 4.74 Å². The Morgan fingerprint density at radius 2 is 2.21 bits per heavy atom. The number of thiophene rings is 1. The summed E-state index contributed by atoms with van der Waals surface area (Å²) in [7, 11) is 0. The number of aromatic nitrogens is 1. The lowest BCUT2D eigenvalue weighted by atomic mass is 9.98. The van der Waals surface area contributed by atoms with E-state index >= 15 is 0 Å². The lowest BCUT2D eigenvalue weighted by Crippen LogP contribution is -2.35. The summed E-state index contributed by atoms with van der Waals surface area (Å²) in [4.78, 5) is 17.5. The van der Waals surface area contributed by atoms with Crippen LogP contribution in [-0.4, -0.2) is 41.4 Å². The Labute approximate surface area is 149 Å². The molecule has 5 nitrogen and oxygen atoms in total. The number of rotatable bonds is 7. The van der Waals surface area contributed by atoms with E-state index in [0.29, 0.717) is 5.69 Å². The number of amides is 1. The summed E-state index contributed by atoms with van der Waals surface area (Å²) in [5.74, 6) is -0.259. The van der Waals surface area contributed by atoms with Crippen LogP contribution in [0.1, 0.15) is 42.6 Å². The molecule has 2 aromatic heterocycles. The number of carbonyl (C=O) groups excluding carboxylic acids is 1. The molecule has 1 aliphatic carbocycles. The van der Waals surface area contributed by atoms with Crippen molar-refractivity contribution in [2.75, 3.05) is 13.2 Å². The molecule has 2 aromatic rings. The summed E-state index contributed by atoms with van der Waals surface area (Å²) in [5.41, 5.74) is 0.392. The first-order chi connectivity index (χ1) is 11.7. The molecule has 0 aliphatic heterocycles. The number of aliphatic hydroxyl groups excluding tert-OH is 1. The highest BCUT2D eigenvalue weighted by Gasteiger charge is 2.17. The van der Waals surface area contributed by atoms with Gasteiger partial charge in [-0.25, -0.2) is 4.98 Å². The number of thiazole rings is 1. The van der Waals surface area contributed by atoms with Gasteiger partial charge in [0.1, 0.15) is 10.7 Å². The van der Waals surface area contributed by atoms with Gasteiger partial charge >= 0.3 is 0 Å². The van der Waals surface area contributed by atoms with Gasteiger partial charge in [-0.05, 0) is 24.3 Å². The predicted molar refractivity (Wildman–Crippen MR) is 96.6 cm³/mol. The van der Waals surface area contributed by atoms with Crippen molar-refractivity contribution in [1.82, 2.24) is 10.3 Å². The van der Waals surface area contributed by atoms with Gasteiger partial charge in [0.15, 0.2) is 0 Å². The van der Waals surface area contributed by atoms with Gasteiger partial charge in [0.25, 0.3) is 5.91 Å². The van der Waals surface area contributed by atoms with Crippen LogP contribution in [0.25, 0.3) is 9.88 Å². The summed E-state index contributed by atoms with van der Waals surface area (Å²) in [5, 5.41) is 17.3. The molecule has 0 radical (unpaired) electrons. The minimum atomic E-state index is -0.689. The SMILES string of the molecule is O=C(NC[C@@H](O)COC1CCCCC1)c1csc(-c2cccs2)n1. The smallest absolute Gasteiger partial charge is 0.270 e. The van der Waals surface area contributed by atoms with Gasteiger partial charge in [-0.2, -0.15) is 0 Å². The van der Waals surface area contributed by atoms with Crippen LogP contribution in [0.2, 0.25) is 0 Å². The number of hydrogen-bond acceptors (Lipinski definition) is 6. The second-order valence-electron chi connectivity index (χ2n) is 5.97. The molecule has 0 unspecified atom stereocenters. The molecule has 0 saturated heterocycles. The summed E-state index contributed by atoms with van der Waals surface area (Å²) >= 11 is 3.05. The molecule has 1 saturated carbocycles. The molecule has 1 atom stereocenters. The normalized spacial score (nSPS) is 16.9. The molecule has 2 heterocycles.